The number of hydrogen-bond acceptors (Lipinski definition) is 5. The maximum Gasteiger partial charge on any atom is 2.00 e. The first-order chi connectivity index (χ1) is 29.8. The van der Waals surface area contributed by atoms with Crippen molar-refractivity contribution in [1.82, 2.24) is 14.5 Å². The Labute approximate surface area is 377 Å². The normalized spacial score (nSPS) is 12.5. The molecule has 11 rings (SSSR count). The van der Waals surface area contributed by atoms with E-state index in [0.29, 0.717) is 11.6 Å². The summed E-state index contributed by atoms with van der Waals surface area (Å²) in [5.41, 5.74) is 21.2. The average Bonchev–Trinajstić information content (AvgIpc) is 3.64. The van der Waals surface area contributed by atoms with Crippen LogP contribution in [-0.4, -0.2) is 21.2 Å². The maximum atomic E-state index is 6.47. The van der Waals surface area contributed by atoms with Crippen molar-refractivity contribution >= 4 is 68.3 Å². The second kappa shape index (κ2) is 15.3. The van der Waals surface area contributed by atoms with E-state index in [1.807, 2.05) is 24.3 Å². The van der Waals surface area contributed by atoms with Crippen molar-refractivity contribution < 1.29 is 25.8 Å². The van der Waals surface area contributed by atoms with Gasteiger partial charge in [-0.2, -0.15) is 5.46 Å². The Morgan fingerprint density at radius 2 is 1.03 bits per heavy atom. The van der Waals surface area contributed by atoms with Crippen LogP contribution in [-0.2, 0) is 21.1 Å². The Morgan fingerprint density at radius 1 is 0.500 bits per heavy atom. The van der Waals surface area contributed by atoms with E-state index in [9.17, 15) is 0 Å². The van der Waals surface area contributed by atoms with Crippen molar-refractivity contribution in [3.05, 3.63) is 191 Å². The van der Waals surface area contributed by atoms with E-state index < -0.39 is 0 Å². The number of anilines is 6. The Kier molecular flexibility index (Phi) is 9.76. The summed E-state index contributed by atoms with van der Waals surface area (Å²) in [5, 5.41) is 0. The van der Waals surface area contributed by atoms with Crippen LogP contribution in [0.4, 0.5) is 34.1 Å². The van der Waals surface area contributed by atoms with Crippen molar-refractivity contribution in [2.45, 2.75) is 41.5 Å². The van der Waals surface area contributed by atoms with E-state index in [1.165, 1.54) is 44.5 Å². The number of para-hydroxylation sites is 5. The van der Waals surface area contributed by atoms with Crippen LogP contribution in [0.1, 0.15) is 33.4 Å². The van der Waals surface area contributed by atoms with Crippen molar-refractivity contribution in [3.8, 4) is 28.7 Å². The first-order valence-electron chi connectivity index (χ1n) is 20.9. The third-order valence-electron chi connectivity index (χ3n) is 12.4. The molecule has 9 aromatic rings. The van der Waals surface area contributed by atoms with Crippen molar-refractivity contribution in [3.63, 3.8) is 0 Å². The van der Waals surface area contributed by atoms with Gasteiger partial charge in [-0.3, -0.25) is 4.98 Å². The predicted octanol–water partition coefficient (Wildman–Crippen LogP) is 11.4. The Hall–Kier alpha value is -6.69. The fourth-order valence-corrected chi connectivity index (χ4v) is 9.84. The fourth-order valence-electron chi connectivity index (χ4n) is 9.84. The molecular formula is C54H42BN5OPt. The van der Waals surface area contributed by atoms with Crippen LogP contribution < -0.4 is 30.9 Å². The number of pyridine rings is 1. The summed E-state index contributed by atoms with van der Waals surface area (Å²) < 4.78 is 8.79. The molecule has 0 radical (unpaired) electrons. The molecule has 2 aliphatic heterocycles. The molecule has 0 N–H and O–H groups in total. The second-order valence-electron chi connectivity index (χ2n) is 16.4. The molecule has 0 spiro atoms. The smallest absolute Gasteiger partial charge is 0.466 e. The van der Waals surface area contributed by atoms with Crippen LogP contribution in [0.2, 0.25) is 0 Å². The molecule has 62 heavy (non-hydrogen) atoms. The number of nitrogens with zero attached hydrogens (tertiary/aromatic N) is 5. The minimum absolute atomic E-state index is 0. The molecule has 8 heteroatoms. The van der Waals surface area contributed by atoms with Gasteiger partial charge in [0.15, 0.2) is 0 Å². The van der Waals surface area contributed by atoms with Gasteiger partial charge < -0.3 is 19.1 Å². The van der Waals surface area contributed by atoms with E-state index >= 15 is 0 Å². The van der Waals surface area contributed by atoms with Crippen LogP contribution in [0, 0.1) is 53.7 Å². The van der Waals surface area contributed by atoms with Gasteiger partial charge in [-0.05, 0) is 116 Å². The zero-order valence-electron chi connectivity index (χ0n) is 35.4. The first-order valence-corrected chi connectivity index (χ1v) is 20.9. The van der Waals surface area contributed by atoms with Gasteiger partial charge in [-0.15, -0.1) is 47.4 Å². The second-order valence-corrected chi connectivity index (χ2v) is 16.4. The Bertz CT molecular complexity index is 3160. The molecule has 0 atom stereocenters. The molecule has 0 bridgehead atoms. The molecule has 302 valence electrons. The van der Waals surface area contributed by atoms with E-state index in [0.717, 1.165) is 67.5 Å². The number of rotatable bonds is 6. The molecule has 2 aromatic heterocycles. The molecule has 0 unspecified atom stereocenters. The monoisotopic (exact) mass is 982 g/mol. The molecular weight excluding hydrogens is 941 g/mol. The van der Waals surface area contributed by atoms with E-state index in [4.69, 9.17) is 9.72 Å². The summed E-state index contributed by atoms with van der Waals surface area (Å²) in [7, 11) is 0. The van der Waals surface area contributed by atoms with E-state index in [2.05, 4.69) is 188 Å². The van der Waals surface area contributed by atoms with Crippen LogP contribution in [0.5, 0.6) is 11.6 Å². The molecule has 4 heterocycles. The minimum Gasteiger partial charge on any atom is -0.466 e. The largest absolute Gasteiger partial charge is 2.00 e. The van der Waals surface area contributed by atoms with Crippen LogP contribution in [0.3, 0.4) is 0 Å². The van der Waals surface area contributed by atoms with Gasteiger partial charge in [-0.1, -0.05) is 84.6 Å². The first kappa shape index (κ1) is 39.4. The van der Waals surface area contributed by atoms with Gasteiger partial charge >= 0.3 is 21.1 Å². The van der Waals surface area contributed by atoms with Crippen LogP contribution in [0.25, 0.3) is 28.1 Å². The van der Waals surface area contributed by atoms with E-state index in [1.54, 1.807) is 6.20 Å². The quantitative estimate of drug-likeness (QED) is 0.123. The number of aromatic nitrogens is 3. The van der Waals surface area contributed by atoms with Crippen LogP contribution in [0.15, 0.2) is 146 Å². The third kappa shape index (κ3) is 6.13. The summed E-state index contributed by atoms with van der Waals surface area (Å²) in [6.07, 6.45) is 1.75. The summed E-state index contributed by atoms with van der Waals surface area (Å²) in [6, 6.07) is 57.1. The topological polar surface area (TPSA) is 46.4 Å². The van der Waals surface area contributed by atoms with Gasteiger partial charge in [0.2, 0.25) is 12.6 Å². The number of fused-ring (bicyclic) bond motifs is 5. The third-order valence-corrected chi connectivity index (χ3v) is 12.4. The number of benzene rings is 7. The van der Waals surface area contributed by atoms with Crippen molar-refractivity contribution in [2.75, 3.05) is 9.80 Å². The molecule has 7 aromatic carbocycles. The number of hydrogen-bond donors (Lipinski definition) is 0. The van der Waals surface area contributed by atoms with Gasteiger partial charge in [-0.25, -0.2) is 4.98 Å². The zero-order chi connectivity index (χ0) is 41.5. The van der Waals surface area contributed by atoms with Crippen molar-refractivity contribution in [2.24, 2.45) is 0 Å². The molecule has 0 amide bonds. The predicted molar refractivity (Wildman–Crippen MR) is 251 cm³/mol. The summed E-state index contributed by atoms with van der Waals surface area (Å²) in [4.78, 5) is 14.8. The molecule has 0 fully saturated rings. The molecule has 6 nitrogen and oxygen atoms in total. The summed E-state index contributed by atoms with van der Waals surface area (Å²) >= 11 is 0. The van der Waals surface area contributed by atoms with Crippen molar-refractivity contribution in [1.29, 1.82) is 0 Å². The standard InChI is InChI=1S/C54H42BN5O.Pt/c1-33-15-11-16-34(2)51(33)58-44-28-26-39(54-57-43-21-7-8-22-46(43)60(54)53-37(5)19-13-20-38(53)6)31-41(44)55-42-32-40(61-49-25-9-10-30-56-49)27-29-45(42)59(48-24-14-23-47(58)50(48)55)52-35(3)17-12-18-36(52)4;/h7-30H,1-6H3;/q-2;+2. The summed E-state index contributed by atoms with van der Waals surface area (Å²) in [5.74, 6) is 1.97. The minimum atomic E-state index is -0.248. The van der Waals surface area contributed by atoms with Gasteiger partial charge in [0.25, 0.3) is 0 Å². The van der Waals surface area contributed by atoms with Gasteiger partial charge in [0.1, 0.15) is 0 Å². The Balaban J connectivity index is 0.00000458. The Morgan fingerprint density at radius 3 is 1.63 bits per heavy atom. The van der Waals surface area contributed by atoms with Gasteiger partial charge in [0, 0.05) is 46.4 Å². The molecule has 0 aliphatic carbocycles. The molecule has 0 saturated carbocycles. The average molecular weight is 983 g/mol. The fraction of sp³-hybridized carbons (Fsp3) is 0.111. The number of ether oxygens (including phenoxy) is 1. The van der Waals surface area contributed by atoms with Gasteiger partial charge in [0.05, 0.1) is 16.9 Å². The molecule has 2 aliphatic rings. The van der Waals surface area contributed by atoms with E-state index in [-0.39, 0.29) is 27.8 Å². The number of imidazole rings is 1. The van der Waals surface area contributed by atoms with Crippen LogP contribution >= 0.6 is 0 Å². The zero-order valence-corrected chi connectivity index (χ0v) is 37.7. The SMILES string of the molecule is Cc1cccc(C)c1N1c2ccc(Oc3ccccn3)[c-]c2B2c3[c-]c(-c4nc5ccccc5n4-c4c(C)cccc4C)ccc3N(c3c(C)cccc3C)c3cccc1c32.[Pt+2]. The number of aryl methyl sites for hydroxylation is 6. The molecule has 0 saturated heterocycles. The maximum absolute atomic E-state index is 6.47. The summed E-state index contributed by atoms with van der Waals surface area (Å²) in [6.45, 7) is 12.9.